The van der Waals surface area contributed by atoms with Crippen molar-refractivity contribution in [2.75, 3.05) is 0 Å². The number of carbonyl (C=O) groups excluding carboxylic acids is 1. The van der Waals surface area contributed by atoms with Crippen molar-refractivity contribution >= 4 is 5.91 Å². The quantitative estimate of drug-likeness (QED) is 0.870. The Balaban J connectivity index is 1.82. The highest BCUT2D eigenvalue weighted by Gasteiger charge is 2.30. The normalized spacial score (nSPS) is 24.8. The highest BCUT2D eigenvalue weighted by atomic mass is 16.3. The van der Waals surface area contributed by atoms with E-state index >= 15 is 0 Å². The second kappa shape index (κ2) is 5.17. The molecule has 0 saturated heterocycles. The van der Waals surface area contributed by atoms with E-state index in [2.05, 4.69) is 26.1 Å². The lowest BCUT2D eigenvalue weighted by atomic mass is 9.71. The third-order valence-electron chi connectivity index (χ3n) is 4.03. The van der Waals surface area contributed by atoms with Crippen molar-refractivity contribution < 1.29 is 9.21 Å². The number of furan rings is 1. The SMILES string of the molecule is CC(C)(C)C1CCC(NC(=O)c2ccco2)CC1. The summed E-state index contributed by atoms with van der Waals surface area (Å²) in [6.45, 7) is 6.91. The van der Waals surface area contributed by atoms with Crippen molar-refractivity contribution in [1.29, 1.82) is 0 Å². The maximum Gasteiger partial charge on any atom is 0.287 e. The molecule has 0 atom stereocenters. The third kappa shape index (κ3) is 3.15. The molecule has 1 fully saturated rings. The molecule has 0 radical (unpaired) electrons. The van der Waals surface area contributed by atoms with Gasteiger partial charge in [-0.2, -0.15) is 0 Å². The molecule has 1 aromatic heterocycles. The van der Waals surface area contributed by atoms with Gasteiger partial charge in [-0.3, -0.25) is 4.79 Å². The molecule has 1 amide bonds. The van der Waals surface area contributed by atoms with Crippen LogP contribution in [0.4, 0.5) is 0 Å². The molecule has 0 spiro atoms. The monoisotopic (exact) mass is 249 g/mol. The van der Waals surface area contributed by atoms with E-state index in [9.17, 15) is 4.79 Å². The van der Waals surface area contributed by atoms with E-state index < -0.39 is 0 Å². The summed E-state index contributed by atoms with van der Waals surface area (Å²) in [5.41, 5.74) is 0.385. The van der Waals surface area contributed by atoms with Crippen LogP contribution >= 0.6 is 0 Å². The Morgan fingerprint density at radius 2 is 1.94 bits per heavy atom. The van der Waals surface area contributed by atoms with Crippen LogP contribution in [0.5, 0.6) is 0 Å². The van der Waals surface area contributed by atoms with E-state index in [1.165, 1.54) is 19.1 Å². The predicted molar refractivity (Wildman–Crippen MR) is 71.4 cm³/mol. The van der Waals surface area contributed by atoms with Crippen LogP contribution in [0.15, 0.2) is 22.8 Å². The van der Waals surface area contributed by atoms with Gasteiger partial charge >= 0.3 is 0 Å². The average Bonchev–Trinajstić information content (AvgIpc) is 2.82. The minimum absolute atomic E-state index is 0.0841. The summed E-state index contributed by atoms with van der Waals surface area (Å²) in [5, 5.41) is 3.06. The minimum Gasteiger partial charge on any atom is -0.459 e. The number of hydrogen-bond acceptors (Lipinski definition) is 2. The van der Waals surface area contributed by atoms with Gasteiger partial charge in [-0.25, -0.2) is 0 Å². The largest absolute Gasteiger partial charge is 0.459 e. The highest BCUT2D eigenvalue weighted by Crippen LogP contribution is 2.37. The number of amides is 1. The molecule has 1 aliphatic rings. The maximum absolute atomic E-state index is 11.8. The predicted octanol–water partition coefficient (Wildman–Crippen LogP) is 3.61. The van der Waals surface area contributed by atoms with Crippen molar-refractivity contribution in [3.05, 3.63) is 24.2 Å². The zero-order valence-corrected chi connectivity index (χ0v) is 11.5. The Hall–Kier alpha value is -1.25. The molecule has 100 valence electrons. The van der Waals surface area contributed by atoms with Crippen LogP contribution in [0, 0.1) is 11.3 Å². The van der Waals surface area contributed by atoms with Crippen molar-refractivity contribution in [2.45, 2.75) is 52.5 Å². The molecule has 18 heavy (non-hydrogen) atoms. The second-order valence-corrected chi connectivity index (χ2v) is 6.37. The van der Waals surface area contributed by atoms with Gasteiger partial charge in [-0.1, -0.05) is 20.8 Å². The standard InChI is InChI=1S/C15H23NO2/c1-15(2,3)11-6-8-12(9-7-11)16-14(17)13-5-4-10-18-13/h4-5,10-12H,6-9H2,1-3H3,(H,16,17). The number of carbonyl (C=O) groups is 1. The van der Waals surface area contributed by atoms with Crippen LogP contribution < -0.4 is 5.32 Å². The highest BCUT2D eigenvalue weighted by molar-refractivity contribution is 5.91. The van der Waals surface area contributed by atoms with E-state index in [0.29, 0.717) is 17.2 Å². The first kappa shape index (κ1) is 13.2. The molecular formula is C15H23NO2. The van der Waals surface area contributed by atoms with Gasteiger partial charge in [-0.15, -0.1) is 0 Å². The molecule has 0 unspecified atom stereocenters. The smallest absolute Gasteiger partial charge is 0.287 e. The maximum atomic E-state index is 11.8. The molecule has 1 aliphatic carbocycles. The Kier molecular flexibility index (Phi) is 3.79. The average molecular weight is 249 g/mol. The number of hydrogen-bond donors (Lipinski definition) is 1. The van der Waals surface area contributed by atoms with Crippen molar-refractivity contribution in [3.8, 4) is 0 Å². The van der Waals surface area contributed by atoms with E-state index in [0.717, 1.165) is 18.8 Å². The fraction of sp³-hybridized carbons (Fsp3) is 0.667. The summed E-state index contributed by atoms with van der Waals surface area (Å²) in [6, 6.07) is 3.75. The first-order valence-electron chi connectivity index (χ1n) is 6.81. The van der Waals surface area contributed by atoms with Gasteiger partial charge in [-0.05, 0) is 49.1 Å². The molecule has 3 heteroatoms. The molecule has 1 aromatic rings. The van der Waals surface area contributed by atoms with Crippen LogP contribution in [0.3, 0.4) is 0 Å². The summed E-state index contributed by atoms with van der Waals surface area (Å²) in [7, 11) is 0. The zero-order chi connectivity index (χ0) is 13.2. The Morgan fingerprint density at radius 1 is 1.28 bits per heavy atom. The number of nitrogens with one attached hydrogen (secondary N) is 1. The molecular weight excluding hydrogens is 226 g/mol. The van der Waals surface area contributed by atoms with Gasteiger partial charge in [0.15, 0.2) is 5.76 Å². The summed E-state index contributed by atoms with van der Waals surface area (Å²) >= 11 is 0. The van der Waals surface area contributed by atoms with Gasteiger partial charge in [0.2, 0.25) is 0 Å². The lowest BCUT2D eigenvalue weighted by Gasteiger charge is -2.37. The Morgan fingerprint density at radius 3 is 2.44 bits per heavy atom. The van der Waals surface area contributed by atoms with Crippen LogP contribution in [0.1, 0.15) is 57.0 Å². The molecule has 0 aromatic carbocycles. The molecule has 1 saturated carbocycles. The number of rotatable bonds is 2. The molecule has 2 rings (SSSR count). The van der Waals surface area contributed by atoms with Crippen LogP contribution in [-0.2, 0) is 0 Å². The molecule has 3 nitrogen and oxygen atoms in total. The van der Waals surface area contributed by atoms with Gasteiger partial charge in [0.1, 0.15) is 0 Å². The fourth-order valence-electron chi connectivity index (χ4n) is 2.77. The summed E-state index contributed by atoms with van der Waals surface area (Å²) < 4.78 is 5.10. The Labute approximate surface area is 109 Å². The van der Waals surface area contributed by atoms with Crippen molar-refractivity contribution in [1.82, 2.24) is 5.32 Å². The molecule has 1 heterocycles. The van der Waals surface area contributed by atoms with E-state index in [1.54, 1.807) is 12.1 Å². The van der Waals surface area contributed by atoms with Crippen molar-refractivity contribution in [3.63, 3.8) is 0 Å². The van der Waals surface area contributed by atoms with E-state index in [-0.39, 0.29) is 5.91 Å². The van der Waals surface area contributed by atoms with Crippen LogP contribution in [0.25, 0.3) is 0 Å². The van der Waals surface area contributed by atoms with Crippen LogP contribution in [0.2, 0.25) is 0 Å². The molecule has 0 bridgehead atoms. The summed E-state index contributed by atoms with van der Waals surface area (Å²) in [6.07, 6.45) is 6.09. The second-order valence-electron chi connectivity index (χ2n) is 6.37. The summed E-state index contributed by atoms with van der Waals surface area (Å²) in [4.78, 5) is 11.8. The first-order chi connectivity index (χ1) is 8.47. The topological polar surface area (TPSA) is 42.2 Å². The van der Waals surface area contributed by atoms with Gasteiger partial charge in [0.05, 0.1) is 6.26 Å². The third-order valence-corrected chi connectivity index (χ3v) is 4.03. The van der Waals surface area contributed by atoms with E-state index in [1.807, 2.05) is 0 Å². The van der Waals surface area contributed by atoms with Gasteiger partial charge < -0.3 is 9.73 Å². The van der Waals surface area contributed by atoms with Gasteiger partial charge in [0.25, 0.3) is 5.91 Å². The molecule has 1 N–H and O–H groups in total. The van der Waals surface area contributed by atoms with Crippen LogP contribution in [-0.4, -0.2) is 11.9 Å². The van der Waals surface area contributed by atoms with E-state index in [4.69, 9.17) is 4.42 Å². The first-order valence-corrected chi connectivity index (χ1v) is 6.81. The Bertz CT molecular complexity index is 381. The lowest BCUT2D eigenvalue weighted by Crippen LogP contribution is -2.39. The fourth-order valence-corrected chi connectivity index (χ4v) is 2.77. The lowest BCUT2D eigenvalue weighted by molar-refractivity contribution is 0.0876. The summed E-state index contributed by atoms with van der Waals surface area (Å²) in [5.74, 6) is 1.10. The zero-order valence-electron chi connectivity index (χ0n) is 11.5. The minimum atomic E-state index is -0.0841. The van der Waals surface area contributed by atoms with Gasteiger partial charge in [0, 0.05) is 6.04 Å². The van der Waals surface area contributed by atoms with Crippen molar-refractivity contribution in [2.24, 2.45) is 11.3 Å². The molecule has 0 aliphatic heterocycles.